The number of hydrogen-bond acceptors (Lipinski definition) is 3. The lowest BCUT2D eigenvalue weighted by molar-refractivity contribution is 0.0728. The molecule has 3 nitrogen and oxygen atoms in total. The highest BCUT2D eigenvalue weighted by Crippen LogP contribution is 2.46. The van der Waals surface area contributed by atoms with Crippen LogP contribution in [0.3, 0.4) is 0 Å². The molecule has 1 N–H and O–H groups in total. The average Bonchev–Trinajstić information content (AvgIpc) is 2.04. The predicted molar refractivity (Wildman–Crippen MR) is 42.7 cm³/mol. The second-order valence-corrected chi connectivity index (χ2v) is 4.69. The fourth-order valence-corrected chi connectivity index (χ4v) is 2.49. The summed E-state index contributed by atoms with van der Waals surface area (Å²) in [5, 5.41) is 8.71. The van der Waals surface area contributed by atoms with Crippen molar-refractivity contribution in [2.24, 2.45) is 0 Å². The van der Waals surface area contributed by atoms with Gasteiger partial charge in [0.15, 0.2) is 0 Å². The van der Waals surface area contributed by atoms with Crippen molar-refractivity contribution in [3.8, 4) is 0 Å². The smallest absolute Gasteiger partial charge is 0.346 e. The zero-order chi connectivity index (χ0) is 8.32. The molecule has 0 aromatic carbocycles. The standard InChI is InChI=1S/C7H14O3P/c1-10-11(9)7(8)5-3-2-4-6-7/h8H,2-6H2,1H3/q+1. The lowest BCUT2D eigenvalue weighted by Crippen LogP contribution is -2.27. The monoisotopic (exact) mass is 177 g/mol. The Labute approximate surface area is 67.6 Å². The van der Waals surface area contributed by atoms with Gasteiger partial charge in [-0.1, -0.05) is 6.42 Å². The van der Waals surface area contributed by atoms with Crippen molar-refractivity contribution in [3.05, 3.63) is 0 Å². The minimum Gasteiger partial charge on any atom is -0.346 e. The Balaban J connectivity index is 2.56. The van der Waals surface area contributed by atoms with Crippen LogP contribution in [0.1, 0.15) is 32.1 Å². The zero-order valence-electron chi connectivity index (χ0n) is 6.75. The molecule has 1 atom stereocenters. The van der Waals surface area contributed by atoms with Gasteiger partial charge in [-0.25, -0.2) is 0 Å². The third-order valence-electron chi connectivity index (χ3n) is 2.16. The van der Waals surface area contributed by atoms with E-state index >= 15 is 0 Å². The quantitative estimate of drug-likeness (QED) is 0.656. The molecule has 1 saturated carbocycles. The molecule has 0 aromatic heterocycles. The first-order chi connectivity index (χ1) is 5.19. The molecule has 1 aliphatic carbocycles. The molecule has 0 bridgehead atoms. The largest absolute Gasteiger partial charge is 0.543 e. The van der Waals surface area contributed by atoms with Gasteiger partial charge in [0, 0.05) is 12.8 Å². The summed E-state index contributed by atoms with van der Waals surface area (Å²) in [6.07, 6.45) is 4.29. The van der Waals surface area contributed by atoms with Crippen LogP contribution in [-0.2, 0) is 9.09 Å². The van der Waals surface area contributed by atoms with Crippen LogP contribution in [-0.4, -0.2) is 17.6 Å². The van der Waals surface area contributed by atoms with E-state index < -0.39 is 13.4 Å². The second kappa shape index (κ2) is 3.61. The molecule has 0 aliphatic heterocycles. The fourth-order valence-electron chi connectivity index (χ4n) is 1.47. The van der Waals surface area contributed by atoms with Crippen LogP contribution >= 0.6 is 8.03 Å². The maximum absolute atomic E-state index is 11.2. The topological polar surface area (TPSA) is 46.5 Å². The van der Waals surface area contributed by atoms with Crippen LogP contribution in [0.5, 0.6) is 0 Å². The van der Waals surface area contributed by atoms with Crippen LogP contribution in [0.2, 0.25) is 0 Å². The van der Waals surface area contributed by atoms with E-state index in [1.165, 1.54) is 7.11 Å². The van der Waals surface area contributed by atoms with Crippen LogP contribution in [0.4, 0.5) is 0 Å². The van der Waals surface area contributed by atoms with Gasteiger partial charge in [0.2, 0.25) is 0 Å². The summed E-state index contributed by atoms with van der Waals surface area (Å²) < 4.78 is 15.8. The SMILES string of the molecule is CO[P+](=O)C1(O)CCCCC1. The van der Waals surface area contributed by atoms with E-state index in [2.05, 4.69) is 4.52 Å². The molecule has 0 heterocycles. The van der Waals surface area contributed by atoms with Gasteiger partial charge in [0.1, 0.15) is 0 Å². The highest BCUT2D eigenvalue weighted by atomic mass is 31.1. The molecule has 0 saturated heterocycles. The highest BCUT2D eigenvalue weighted by Gasteiger charge is 2.49. The van der Waals surface area contributed by atoms with Crippen molar-refractivity contribution in [1.82, 2.24) is 0 Å². The molecule has 11 heavy (non-hydrogen) atoms. The fraction of sp³-hybridized carbons (Fsp3) is 1.00. The molecule has 0 spiro atoms. The Morgan fingerprint density at radius 3 is 2.36 bits per heavy atom. The van der Waals surface area contributed by atoms with Gasteiger partial charge in [0.25, 0.3) is 5.34 Å². The molecule has 0 amide bonds. The van der Waals surface area contributed by atoms with Crippen LogP contribution in [0, 0.1) is 0 Å². The second-order valence-electron chi connectivity index (χ2n) is 2.98. The molecular weight excluding hydrogens is 163 g/mol. The summed E-state index contributed by atoms with van der Waals surface area (Å²) in [7, 11) is -0.493. The zero-order valence-corrected chi connectivity index (χ0v) is 7.64. The van der Waals surface area contributed by atoms with E-state index in [1.54, 1.807) is 0 Å². The molecule has 4 heteroatoms. The Bertz CT molecular complexity index is 152. The number of aliphatic hydroxyl groups is 1. The predicted octanol–water partition coefficient (Wildman–Crippen LogP) is 2.03. The first kappa shape index (κ1) is 9.11. The van der Waals surface area contributed by atoms with Crippen molar-refractivity contribution in [2.45, 2.75) is 37.4 Å². The van der Waals surface area contributed by atoms with Crippen LogP contribution in [0.15, 0.2) is 0 Å². The van der Waals surface area contributed by atoms with Crippen molar-refractivity contribution < 1.29 is 14.2 Å². The molecule has 1 fully saturated rings. The Hall–Kier alpha value is 0.0200. The maximum atomic E-state index is 11.2. The summed E-state index contributed by atoms with van der Waals surface area (Å²) >= 11 is 0. The van der Waals surface area contributed by atoms with Crippen molar-refractivity contribution in [2.75, 3.05) is 7.11 Å². The van der Waals surface area contributed by atoms with Crippen LogP contribution < -0.4 is 0 Å². The first-order valence-corrected chi connectivity index (χ1v) is 5.11. The molecule has 0 radical (unpaired) electrons. The Morgan fingerprint density at radius 1 is 1.36 bits per heavy atom. The van der Waals surface area contributed by atoms with Gasteiger partial charge in [-0.05, 0) is 17.4 Å². The van der Waals surface area contributed by atoms with Gasteiger partial charge >= 0.3 is 8.03 Å². The van der Waals surface area contributed by atoms with Gasteiger partial charge in [0.05, 0.1) is 7.11 Å². The van der Waals surface area contributed by atoms with Crippen molar-refractivity contribution in [1.29, 1.82) is 0 Å². The van der Waals surface area contributed by atoms with Crippen molar-refractivity contribution in [3.63, 3.8) is 0 Å². The Morgan fingerprint density at radius 2 is 1.91 bits per heavy atom. The summed E-state index contributed by atoms with van der Waals surface area (Å²) in [6.45, 7) is 0. The van der Waals surface area contributed by atoms with E-state index in [4.69, 9.17) is 0 Å². The number of rotatable bonds is 2. The van der Waals surface area contributed by atoms with E-state index in [9.17, 15) is 9.67 Å². The minimum atomic E-state index is -1.87. The first-order valence-electron chi connectivity index (χ1n) is 3.93. The summed E-state index contributed by atoms with van der Waals surface area (Å²) in [5.41, 5.74) is 0. The summed E-state index contributed by atoms with van der Waals surface area (Å²) in [5.74, 6) is 0. The Kier molecular flexibility index (Phi) is 2.99. The average molecular weight is 177 g/mol. The van der Waals surface area contributed by atoms with Crippen LogP contribution in [0.25, 0.3) is 0 Å². The van der Waals surface area contributed by atoms with E-state index in [1.807, 2.05) is 0 Å². The lowest BCUT2D eigenvalue weighted by Gasteiger charge is -2.20. The summed E-state index contributed by atoms with van der Waals surface area (Å²) in [4.78, 5) is 0. The van der Waals surface area contributed by atoms with Gasteiger partial charge in [-0.15, -0.1) is 4.52 Å². The van der Waals surface area contributed by atoms with Gasteiger partial charge < -0.3 is 5.11 Å². The third-order valence-corrected chi connectivity index (χ3v) is 3.62. The summed E-state index contributed by atoms with van der Waals surface area (Å²) in [6, 6.07) is 0. The molecule has 1 rings (SSSR count). The van der Waals surface area contributed by atoms with Gasteiger partial charge in [-0.3, -0.25) is 0 Å². The third kappa shape index (κ3) is 1.98. The molecule has 64 valence electrons. The molecular formula is C7H14O3P+. The van der Waals surface area contributed by atoms with E-state index in [-0.39, 0.29) is 0 Å². The van der Waals surface area contributed by atoms with E-state index in [0.717, 1.165) is 19.3 Å². The molecule has 1 aliphatic rings. The maximum Gasteiger partial charge on any atom is 0.543 e. The van der Waals surface area contributed by atoms with Gasteiger partial charge in [-0.2, -0.15) is 0 Å². The van der Waals surface area contributed by atoms with Crippen molar-refractivity contribution >= 4 is 8.03 Å². The normalized spacial score (nSPS) is 24.7. The molecule has 0 aromatic rings. The minimum absolute atomic E-state index is 0.621. The molecule has 1 unspecified atom stereocenters. The highest BCUT2D eigenvalue weighted by molar-refractivity contribution is 7.40. The lowest BCUT2D eigenvalue weighted by atomic mass is 9.97. The number of hydrogen-bond donors (Lipinski definition) is 1. The van der Waals surface area contributed by atoms with E-state index in [0.29, 0.717) is 12.8 Å².